The molecule has 16 heavy (non-hydrogen) atoms. The Hall–Kier alpha value is -1.46. The summed E-state index contributed by atoms with van der Waals surface area (Å²) < 4.78 is 25.7. The Morgan fingerprint density at radius 1 is 1.50 bits per heavy atom. The zero-order chi connectivity index (χ0) is 11.6. The van der Waals surface area contributed by atoms with Crippen LogP contribution < -0.4 is 5.32 Å². The van der Waals surface area contributed by atoms with Crippen LogP contribution in [0.5, 0.6) is 0 Å². The van der Waals surface area contributed by atoms with Crippen molar-refractivity contribution in [1.29, 1.82) is 0 Å². The Balaban J connectivity index is 1.87. The standard InChI is InChI=1S/C10H13F2N3O/c11-10(12)3-1-7(2-4-10)9(16)15-8-5-13-14-6-8/h5-7H,1-4H2,(H,13,14)(H,15,16). The molecular weight excluding hydrogens is 216 g/mol. The molecule has 1 saturated carbocycles. The number of H-pyrrole nitrogens is 1. The van der Waals surface area contributed by atoms with Crippen LogP contribution in [0.25, 0.3) is 0 Å². The number of aromatic nitrogens is 2. The quantitative estimate of drug-likeness (QED) is 0.816. The SMILES string of the molecule is O=C(Nc1cn[nH]c1)C1CCC(F)(F)CC1. The van der Waals surface area contributed by atoms with E-state index in [1.165, 1.54) is 6.20 Å². The molecule has 0 radical (unpaired) electrons. The minimum atomic E-state index is -2.59. The van der Waals surface area contributed by atoms with E-state index in [1.54, 1.807) is 6.20 Å². The molecule has 1 aromatic heterocycles. The van der Waals surface area contributed by atoms with Crippen molar-refractivity contribution in [3.63, 3.8) is 0 Å². The van der Waals surface area contributed by atoms with Gasteiger partial charge in [0.05, 0.1) is 11.9 Å². The number of carbonyl (C=O) groups is 1. The summed E-state index contributed by atoms with van der Waals surface area (Å²) in [6.07, 6.45) is 3.13. The fraction of sp³-hybridized carbons (Fsp3) is 0.600. The molecular formula is C10H13F2N3O. The number of nitrogens with one attached hydrogen (secondary N) is 2. The molecule has 0 atom stereocenters. The molecule has 2 rings (SSSR count). The van der Waals surface area contributed by atoms with Gasteiger partial charge in [0, 0.05) is 25.0 Å². The minimum absolute atomic E-state index is 0.197. The highest BCUT2D eigenvalue weighted by Gasteiger charge is 2.37. The molecule has 0 unspecified atom stereocenters. The second-order valence-electron chi connectivity index (χ2n) is 4.11. The van der Waals surface area contributed by atoms with E-state index in [4.69, 9.17) is 0 Å². The number of nitrogens with zero attached hydrogens (tertiary/aromatic N) is 1. The molecule has 0 bridgehead atoms. The molecule has 0 aromatic carbocycles. The monoisotopic (exact) mass is 229 g/mol. The minimum Gasteiger partial charge on any atom is -0.323 e. The van der Waals surface area contributed by atoms with Gasteiger partial charge >= 0.3 is 0 Å². The van der Waals surface area contributed by atoms with Gasteiger partial charge in [0.1, 0.15) is 0 Å². The first kappa shape index (κ1) is 11.0. The zero-order valence-electron chi connectivity index (χ0n) is 8.67. The Labute approximate surface area is 91.4 Å². The smallest absolute Gasteiger partial charge is 0.248 e. The average Bonchev–Trinajstić information content (AvgIpc) is 2.70. The van der Waals surface area contributed by atoms with Crippen LogP contribution >= 0.6 is 0 Å². The van der Waals surface area contributed by atoms with E-state index >= 15 is 0 Å². The molecule has 1 fully saturated rings. The van der Waals surface area contributed by atoms with E-state index in [-0.39, 0.29) is 37.5 Å². The van der Waals surface area contributed by atoms with Gasteiger partial charge < -0.3 is 5.32 Å². The lowest BCUT2D eigenvalue weighted by Crippen LogP contribution is -2.31. The van der Waals surface area contributed by atoms with Crippen molar-refractivity contribution in [3.05, 3.63) is 12.4 Å². The normalized spacial score (nSPS) is 20.6. The first-order valence-corrected chi connectivity index (χ1v) is 5.24. The second kappa shape index (κ2) is 4.19. The van der Waals surface area contributed by atoms with E-state index in [2.05, 4.69) is 15.5 Å². The van der Waals surface area contributed by atoms with Crippen molar-refractivity contribution in [1.82, 2.24) is 10.2 Å². The van der Waals surface area contributed by atoms with Gasteiger partial charge in [-0.3, -0.25) is 9.89 Å². The van der Waals surface area contributed by atoms with Gasteiger partial charge in [0.25, 0.3) is 0 Å². The van der Waals surface area contributed by atoms with Crippen LogP contribution in [0.3, 0.4) is 0 Å². The summed E-state index contributed by atoms with van der Waals surface area (Å²) in [6.45, 7) is 0. The van der Waals surface area contributed by atoms with Crippen molar-refractivity contribution < 1.29 is 13.6 Å². The maximum Gasteiger partial charge on any atom is 0.248 e. The van der Waals surface area contributed by atoms with E-state index in [0.717, 1.165) is 0 Å². The fourth-order valence-corrected chi connectivity index (χ4v) is 1.87. The first-order chi connectivity index (χ1) is 7.57. The average molecular weight is 229 g/mol. The number of hydrogen-bond donors (Lipinski definition) is 2. The Morgan fingerprint density at radius 3 is 2.75 bits per heavy atom. The third-order valence-corrected chi connectivity index (χ3v) is 2.85. The summed E-state index contributed by atoms with van der Waals surface area (Å²) >= 11 is 0. The van der Waals surface area contributed by atoms with Crippen molar-refractivity contribution in [3.8, 4) is 0 Å². The number of rotatable bonds is 2. The summed E-state index contributed by atoms with van der Waals surface area (Å²) in [7, 11) is 0. The molecule has 1 aliphatic carbocycles. The van der Waals surface area contributed by atoms with Gasteiger partial charge in [-0.2, -0.15) is 5.10 Å². The summed E-state index contributed by atoms with van der Waals surface area (Å²) in [5, 5.41) is 8.89. The largest absolute Gasteiger partial charge is 0.323 e. The van der Waals surface area contributed by atoms with Crippen molar-refractivity contribution >= 4 is 11.6 Å². The predicted molar refractivity (Wildman–Crippen MR) is 54.1 cm³/mol. The number of amides is 1. The van der Waals surface area contributed by atoms with Gasteiger partial charge in [0.15, 0.2) is 0 Å². The highest BCUT2D eigenvalue weighted by Crippen LogP contribution is 2.36. The van der Waals surface area contributed by atoms with Gasteiger partial charge in [-0.25, -0.2) is 8.78 Å². The number of hydrogen-bond acceptors (Lipinski definition) is 2. The summed E-state index contributed by atoms with van der Waals surface area (Å²) in [4.78, 5) is 11.7. The Morgan fingerprint density at radius 2 is 2.19 bits per heavy atom. The third kappa shape index (κ3) is 2.56. The van der Waals surface area contributed by atoms with Gasteiger partial charge in [0.2, 0.25) is 11.8 Å². The van der Waals surface area contributed by atoms with Crippen LogP contribution in [0, 0.1) is 5.92 Å². The topological polar surface area (TPSA) is 57.8 Å². The van der Waals surface area contributed by atoms with Crippen LogP contribution in [0.1, 0.15) is 25.7 Å². The zero-order valence-corrected chi connectivity index (χ0v) is 8.67. The van der Waals surface area contributed by atoms with E-state index in [1.807, 2.05) is 0 Å². The molecule has 6 heteroatoms. The number of carbonyl (C=O) groups excluding carboxylic acids is 1. The van der Waals surface area contributed by atoms with E-state index in [0.29, 0.717) is 5.69 Å². The number of halogens is 2. The second-order valence-corrected chi connectivity index (χ2v) is 4.11. The van der Waals surface area contributed by atoms with Crippen LogP contribution in [0.4, 0.5) is 14.5 Å². The fourth-order valence-electron chi connectivity index (χ4n) is 1.87. The number of anilines is 1. The van der Waals surface area contributed by atoms with Crippen LogP contribution in [-0.2, 0) is 4.79 Å². The molecule has 0 aliphatic heterocycles. The molecule has 1 heterocycles. The van der Waals surface area contributed by atoms with E-state index in [9.17, 15) is 13.6 Å². The third-order valence-electron chi connectivity index (χ3n) is 2.85. The van der Waals surface area contributed by atoms with E-state index < -0.39 is 5.92 Å². The van der Waals surface area contributed by atoms with Gasteiger partial charge in [-0.1, -0.05) is 0 Å². The highest BCUT2D eigenvalue weighted by molar-refractivity contribution is 5.92. The summed E-state index contributed by atoms with van der Waals surface area (Å²) in [5.74, 6) is -3.10. The van der Waals surface area contributed by atoms with Crippen LogP contribution in [-0.4, -0.2) is 22.0 Å². The summed E-state index contributed by atoms with van der Waals surface area (Å²) in [6, 6.07) is 0. The molecule has 0 spiro atoms. The summed E-state index contributed by atoms with van der Waals surface area (Å²) in [5.41, 5.74) is 0.572. The predicted octanol–water partition coefficient (Wildman–Crippen LogP) is 2.17. The molecule has 2 N–H and O–H groups in total. The molecule has 88 valence electrons. The lowest BCUT2D eigenvalue weighted by molar-refractivity contribution is -0.124. The maximum atomic E-state index is 12.9. The van der Waals surface area contributed by atoms with Gasteiger partial charge in [-0.05, 0) is 12.8 Å². The maximum absolute atomic E-state index is 12.9. The van der Waals surface area contributed by atoms with Crippen molar-refractivity contribution in [2.45, 2.75) is 31.6 Å². The molecule has 0 saturated heterocycles. The molecule has 1 aliphatic rings. The Bertz CT molecular complexity index is 354. The molecule has 1 amide bonds. The number of alkyl halides is 2. The van der Waals surface area contributed by atoms with Crippen LogP contribution in [0.2, 0.25) is 0 Å². The molecule has 4 nitrogen and oxygen atoms in total. The highest BCUT2D eigenvalue weighted by atomic mass is 19.3. The molecule has 1 aromatic rings. The Kier molecular flexibility index (Phi) is 2.89. The van der Waals surface area contributed by atoms with Gasteiger partial charge in [-0.15, -0.1) is 0 Å². The van der Waals surface area contributed by atoms with Crippen molar-refractivity contribution in [2.24, 2.45) is 5.92 Å². The van der Waals surface area contributed by atoms with Crippen molar-refractivity contribution in [2.75, 3.05) is 5.32 Å². The first-order valence-electron chi connectivity index (χ1n) is 5.24. The number of aromatic amines is 1. The lowest BCUT2D eigenvalue weighted by Gasteiger charge is -2.27. The lowest BCUT2D eigenvalue weighted by atomic mass is 9.86. The van der Waals surface area contributed by atoms with Crippen LogP contribution in [0.15, 0.2) is 12.4 Å².